The third kappa shape index (κ3) is 4.51. The summed E-state index contributed by atoms with van der Waals surface area (Å²) in [5, 5.41) is 4.64. The van der Waals surface area contributed by atoms with Crippen LogP contribution in [0.5, 0.6) is 0 Å². The van der Waals surface area contributed by atoms with Crippen molar-refractivity contribution >= 4 is 35.1 Å². The SMILES string of the molecule is CC(=O)N1CCC(N(C)C(=O)N[C@@H]2CCC3C(C2)[C@@H]3c2cc(Cl)cc(Cl)c2)CC1. The van der Waals surface area contributed by atoms with Crippen molar-refractivity contribution in [3.05, 3.63) is 33.8 Å². The Labute approximate surface area is 182 Å². The van der Waals surface area contributed by atoms with Gasteiger partial charge in [-0.3, -0.25) is 4.79 Å². The molecule has 1 heterocycles. The van der Waals surface area contributed by atoms with Crippen LogP contribution in [-0.4, -0.2) is 54.0 Å². The standard InChI is InChI=1S/C22H29Cl2N3O2/c1-13(28)27-7-5-18(6-8-27)26(2)22(29)25-17-3-4-19-20(12-17)21(19)14-9-15(23)11-16(24)10-14/h9-11,17-21H,3-8,12H2,1-2H3,(H,25,29)/t17-,19?,20?,21-/m1/s1. The Morgan fingerprint density at radius 2 is 1.69 bits per heavy atom. The van der Waals surface area contributed by atoms with Crippen LogP contribution in [0, 0.1) is 11.8 Å². The van der Waals surface area contributed by atoms with E-state index in [1.165, 1.54) is 5.56 Å². The Kier molecular flexibility index (Phi) is 5.99. The van der Waals surface area contributed by atoms with Crippen LogP contribution in [0.15, 0.2) is 18.2 Å². The molecule has 4 atom stereocenters. The summed E-state index contributed by atoms with van der Waals surface area (Å²) in [6, 6.07) is 6.28. The first kappa shape index (κ1) is 20.8. The number of nitrogens with one attached hydrogen (secondary N) is 1. The van der Waals surface area contributed by atoms with Crippen molar-refractivity contribution in [1.82, 2.24) is 15.1 Å². The first-order chi connectivity index (χ1) is 13.8. The molecule has 1 N–H and O–H groups in total. The minimum Gasteiger partial charge on any atom is -0.343 e. The number of carbonyl (C=O) groups is 2. The number of hydrogen-bond acceptors (Lipinski definition) is 2. The third-order valence-corrected chi connectivity index (χ3v) is 7.55. The van der Waals surface area contributed by atoms with Crippen LogP contribution in [-0.2, 0) is 4.79 Å². The number of fused-ring (bicyclic) bond motifs is 1. The molecular weight excluding hydrogens is 409 g/mol. The summed E-state index contributed by atoms with van der Waals surface area (Å²) in [5.74, 6) is 1.92. The number of amides is 3. The van der Waals surface area contributed by atoms with Crippen molar-refractivity contribution in [2.75, 3.05) is 20.1 Å². The summed E-state index contributed by atoms with van der Waals surface area (Å²) in [6.07, 6.45) is 4.86. The molecule has 1 aromatic carbocycles. The molecule has 2 unspecified atom stereocenters. The lowest BCUT2D eigenvalue weighted by Crippen LogP contribution is -2.51. The van der Waals surface area contributed by atoms with E-state index in [0.29, 0.717) is 27.8 Å². The van der Waals surface area contributed by atoms with Crippen LogP contribution in [0.2, 0.25) is 10.0 Å². The molecule has 0 aromatic heterocycles. The van der Waals surface area contributed by atoms with E-state index in [0.717, 1.165) is 45.2 Å². The van der Waals surface area contributed by atoms with Crippen molar-refractivity contribution in [1.29, 1.82) is 0 Å². The van der Waals surface area contributed by atoms with Gasteiger partial charge in [-0.25, -0.2) is 4.79 Å². The Bertz CT molecular complexity index is 774. The predicted molar refractivity (Wildman–Crippen MR) is 115 cm³/mol. The molecular formula is C22H29Cl2N3O2. The van der Waals surface area contributed by atoms with E-state index < -0.39 is 0 Å². The lowest BCUT2D eigenvalue weighted by Gasteiger charge is -2.37. The minimum absolute atomic E-state index is 0.0118. The number of carbonyl (C=O) groups excluding carboxylic acids is 2. The van der Waals surface area contributed by atoms with Gasteiger partial charge in [-0.2, -0.15) is 0 Å². The second-order valence-electron chi connectivity index (χ2n) is 8.86. The van der Waals surface area contributed by atoms with Gasteiger partial charge in [0.1, 0.15) is 0 Å². The summed E-state index contributed by atoms with van der Waals surface area (Å²) in [7, 11) is 1.88. The number of benzene rings is 1. The first-order valence-corrected chi connectivity index (χ1v) is 11.3. The van der Waals surface area contributed by atoms with Crippen LogP contribution in [0.1, 0.15) is 50.5 Å². The predicted octanol–water partition coefficient (Wildman–Crippen LogP) is 4.53. The molecule has 3 amide bonds. The lowest BCUT2D eigenvalue weighted by atomic mass is 9.95. The van der Waals surface area contributed by atoms with Gasteiger partial charge in [0.2, 0.25) is 5.91 Å². The molecule has 7 heteroatoms. The molecule has 0 radical (unpaired) electrons. The highest BCUT2D eigenvalue weighted by Gasteiger charge is 2.53. The van der Waals surface area contributed by atoms with E-state index in [1.54, 1.807) is 13.0 Å². The summed E-state index contributed by atoms with van der Waals surface area (Å²) < 4.78 is 0. The summed E-state index contributed by atoms with van der Waals surface area (Å²) in [4.78, 5) is 28.0. The molecule has 3 fully saturated rings. The third-order valence-electron chi connectivity index (χ3n) is 7.11. The van der Waals surface area contributed by atoms with Crippen molar-refractivity contribution in [3.63, 3.8) is 0 Å². The summed E-state index contributed by atoms with van der Waals surface area (Å²) >= 11 is 12.4. The van der Waals surface area contributed by atoms with Crippen LogP contribution < -0.4 is 5.32 Å². The number of hydrogen-bond donors (Lipinski definition) is 1. The molecule has 3 aliphatic rings. The smallest absolute Gasteiger partial charge is 0.317 e. The van der Waals surface area contributed by atoms with Crippen molar-refractivity contribution in [2.45, 2.75) is 57.0 Å². The maximum Gasteiger partial charge on any atom is 0.317 e. The Morgan fingerprint density at radius 1 is 1.03 bits per heavy atom. The van der Waals surface area contributed by atoms with Gasteiger partial charge in [-0.1, -0.05) is 23.2 Å². The van der Waals surface area contributed by atoms with Crippen LogP contribution >= 0.6 is 23.2 Å². The largest absolute Gasteiger partial charge is 0.343 e. The van der Waals surface area contributed by atoms with Crippen molar-refractivity contribution in [2.24, 2.45) is 11.8 Å². The molecule has 29 heavy (non-hydrogen) atoms. The molecule has 1 aromatic rings. The second kappa shape index (κ2) is 8.35. The van der Waals surface area contributed by atoms with E-state index in [1.807, 2.05) is 29.0 Å². The van der Waals surface area contributed by atoms with Gasteiger partial charge < -0.3 is 15.1 Å². The molecule has 4 rings (SSSR count). The van der Waals surface area contributed by atoms with Gasteiger partial charge in [0.25, 0.3) is 0 Å². The van der Waals surface area contributed by atoms with E-state index >= 15 is 0 Å². The number of likely N-dealkylation sites (tertiary alicyclic amines) is 1. The van der Waals surface area contributed by atoms with E-state index in [9.17, 15) is 9.59 Å². The Morgan fingerprint density at radius 3 is 2.31 bits per heavy atom. The highest BCUT2D eigenvalue weighted by atomic mass is 35.5. The zero-order chi connectivity index (χ0) is 20.7. The van der Waals surface area contributed by atoms with Crippen LogP contribution in [0.25, 0.3) is 0 Å². The van der Waals surface area contributed by atoms with Gasteiger partial charge in [0.15, 0.2) is 0 Å². The maximum absolute atomic E-state index is 12.8. The zero-order valence-corrected chi connectivity index (χ0v) is 18.5. The van der Waals surface area contributed by atoms with Crippen LogP contribution in [0.3, 0.4) is 0 Å². The fraction of sp³-hybridized carbons (Fsp3) is 0.636. The fourth-order valence-corrected chi connectivity index (χ4v) is 5.95. The maximum atomic E-state index is 12.8. The van der Waals surface area contributed by atoms with Gasteiger partial charge in [0, 0.05) is 49.2 Å². The number of halogens is 2. The molecule has 158 valence electrons. The average molecular weight is 438 g/mol. The molecule has 1 aliphatic heterocycles. The molecule has 2 aliphatic carbocycles. The van der Waals surface area contributed by atoms with Gasteiger partial charge >= 0.3 is 6.03 Å². The number of nitrogens with zero attached hydrogens (tertiary/aromatic N) is 2. The highest BCUT2D eigenvalue weighted by molar-refractivity contribution is 6.34. The molecule has 2 saturated carbocycles. The van der Waals surface area contributed by atoms with Gasteiger partial charge in [0.05, 0.1) is 0 Å². The highest BCUT2D eigenvalue weighted by Crippen LogP contribution is 2.61. The fourth-order valence-electron chi connectivity index (χ4n) is 5.40. The Hall–Kier alpha value is -1.46. The molecule has 0 bridgehead atoms. The number of piperidine rings is 1. The van der Waals surface area contributed by atoms with E-state index in [-0.39, 0.29) is 24.0 Å². The second-order valence-corrected chi connectivity index (χ2v) is 9.74. The average Bonchev–Trinajstić information content (AvgIpc) is 3.40. The minimum atomic E-state index is 0.0118. The Balaban J connectivity index is 1.29. The quantitative estimate of drug-likeness (QED) is 0.754. The molecule has 1 saturated heterocycles. The zero-order valence-electron chi connectivity index (χ0n) is 17.0. The number of rotatable bonds is 3. The monoisotopic (exact) mass is 437 g/mol. The molecule has 0 spiro atoms. The topological polar surface area (TPSA) is 52.7 Å². The summed E-state index contributed by atoms with van der Waals surface area (Å²) in [6.45, 7) is 3.07. The van der Waals surface area contributed by atoms with Gasteiger partial charge in [-0.15, -0.1) is 0 Å². The van der Waals surface area contributed by atoms with Crippen LogP contribution in [0.4, 0.5) is 4.79 Å². The number of urea groups is 1. The van der Waals surface area contributed by atoms with E-state index in [2.05, 4.69) is 5.32 Å². The van der Waals surface area contributed by atoms with Gasteiger partial charge in [-0.05, 0) is 73.6 Å². The summed E-state index contributed by atoms with van der Waals surface area (Å²) in [5.41, 5.74) is 1.24. The first-order valence-electron chi connectivity index (χ1n) is 10.6. The molecule has 5 nitrogen and oxygen atoms in total. The van der Waals surface area contributed by atoms with Crippen molar-refractivity contribution < 1.29 is 9.59 Å². The normalized spacial score (nSPS) is 29.2. The lowest BCUT2D eigenvalue weighted by molar-refractivity contribution is -0.130. The van der Waals surface area contributed by atoms with E-state index in [4.69, 9.17) is 23.2 Å². The van der Waals surface area contributed by atoms with Crippen molar-refractivity contribution in [3.8, 4) is 0 Å².